The van der Waals surface area contributed by atoms with Gasteiger partial charge in [-0.3, -0.25) is 9.79 Å². The van der Waals surface area contributed by atoms with Crippen molar-refractivity contribution < 1.29 is 14.7 Å². The first-order chi connectivity index (χ1) is 16.2. The highest BCUT2D eigenvalue weighted by Crippen LogP contribution is 2.60. The summed E-state index contributed by atoms with van der Waals surface area (Å²) in [5.74, 6) is 0.729. The van der Waals surface area contributed by atoms with Gasteiger partial charge in [0.25, 0.3) is 0 Å². The van der Waals surface area contributed by atoms with Crippen LogP contribution in [0.3, 0.4) is 0 Å². The summed E-state index contributed by atoms with van der Waals surface area (Å²) in [6.45, 7) is 15.6. The van der Waals surface area contributed by atoms with Gasteiger partial charge < -0.3 is 20.6 Å². The fourth-order valence-corrected chi connectivity index (χ4v) is 7.89. The quantitative estimate of drug-likeness (QED) is 0.514. The first-order valence-corrected chi connectivity index (χ1v) is 16.1. The van der Waals surface area contributed by atoms with Gasteiger partial charge in [0.15, 0.2) is 0 Å². The monoisotopic (exact) mass is 496 g/mol. The second kappa shape index (κ2) is 8.59. The average Bonchev–Trinajstić information content (AvgIpc) is 3.46. The van der Waals surface area contributed by atoms with Crippen molar-refractivity contribution in [3.8, 4) is 0 Å². The molecule has 1 aromatic carbocycles. The Morgan fingerprint density at radius 3 is 2.34 bits per heavy atom. The number of benzene rings is 1. The molecular weight excluding hydrogens is 456 g/mol. The van der Waals surface area contributed by atoms with E-state index in [1.165, 1.54) is 0 Å². The lowest BCUT2D eigenvalue weighted by Gasteiger charge is -2.39. The Hall–Kier alpha value is -2.45. The molecule has 1 aromatic rings. The number of carbonyl (C=O) groups excluding carboxylic acids is 2. The SMILES string of the molecule is CC(C)(CO)C(NC(=O)N1CC2=C(CN=C2NC(=O)C2([Si](C)(C)C)CC2)C1(C)C)c1ccccc1. The van der Waals surface area contributed by atoms with Crippen LogP contribution in [0.1, 0.15) is 52.1 Å². The summed E-state index contributed by atoms with van der Waals surface area (Å²) in [7, 11) is -1.65. The van der Waals surface area contributed by atoms with E-state index in [0.29, 0.717) is 18.9 Å². The minimum atomic E-state index is -1.65. The van der Waals surface area contributed by atoms with Crippen LogP contribution in [0.4, 0.5) is 4.79 Å². The number of nitrogens with one attached hydrogen (secondary N) is 2. The van der Waals surface area contributed by atoms with Crippen LogP contribution in [-0.2, 0) is 4.79 Å². The molecule has 7 nitrogen and oxygen atoms in total. The molecule has 3 aliphatic rings. The number of carbonyl (C=O) groups is 2. The molecule has 35 heavy (non-hydrogen) atoms. The minimum Gasteiger partial charge on any atom is -0.396 e. The minimum absolute atomic E-state index is 0.0628. The van der Waals surface area contributed by atoms with E-state index in [9.17, 15) is 14.7 Å². The summed E-state index contributed by atoms with van der Waals surface area (Å²) in [5.41, 5.74) is 1.91. The predicted octanol–water partition coefficient (Wildman–Crippen LogP) is 4.25. The molecule has 1 saturated carbocycles. The van der Waals surface area contributed by atoms with Crippen molar-refractivity contribution in [3.05, 3.63) is 47.0 Å². The van der Waals surface area contributed by atoms with Crippen molar-refractivity contribution in [3.63, 3.8) is 0 Å². The van der Waals surface area contributed by atoms with E-state index < -0.39 is 19.0 Å². The normalized spacial score (nSPS) is 21.4. The van der Waals surface area contributed by atoms with Crippen LogP contribution in [0.15, 0.2) is 46.5 Å². The van der Waals surface area contributed by atoms with Gasteiger partial charge in [0.1, 0.15) is 5.84 Å². The third-order valence-electron chi connectivity index (χ3n) is 8.46. The van der Waals surface area contributed by atoms with Gasteiger partial charge in [-0.15, -0.1) is 0 Å². The zero-order chi connectivity index (χ0) is 25.8. The number of rotatable bonds is 6. The van der Waals surface area contributed by atoms with Crippen LogP contribution in [0.25, 0.3) is 0 Å². The van der Waals surface area contributed by atoms with Crippen LogP contribution in [-0.4, -0.2) is 61.1 Å². The summed E-state index contributed by atoms with van der Waals surface area (Å²) in [5, 5.41) is 16.2. The van der Waals surface area contributed by atoms with Crippen molar-refractivity contribution in [1.82, 2.24) is 15.5 Å². The highest BCUT2D eigenvalue weighted by molar-refractivity contribution is 6.83. The largest absolute Gasteiger partial charge is 0.396 e. The molecule has 1 fully saturated rings. The molecule has 190 valence electrons. The molecule has 2 aliphatic heterocycles. The van der Waals surface area contributed by atoms with E-state index >= 15 is 0 Å². The van der Waals surface area contributed by atoms with Crippen molar-refractivity contribution in [2.75, 3.05) is 19.7 Å². The number of nitrogens with zero attached hydrogens (tertiary/aromatic N) is 2. The Balaban J connectivity index is 1.52. The number of aliphatic hydroxyl groups excluding tert-OH is 1. The van der Waals surface area contributed by atoms with Crippen LogP contribution < -0.4 is 10.6 Å². The maximum atomic E-state index is 13.7. The molecule has 0 radical (unpaired) electrons. The lowest BCUT2D eigenvalue weighted by Crippen LogP contribution is -2.53. The van der Waals surface area contributed by atoms with Crippen molar-refractivity contribution in [2.45, 2.75) is 76.8 Å². The number of aliphatic imine (C=N–C) groups is 1. The third-order valence-corrected chi connectivity index (χ3v) is 12.1. The van der Waals surface area contributed by atoms with Gasteiger partial charge in [0, 0.05) is 16.0 Å². The van der Waals surface area contributed by atoms with E-state index in [1.807, 2.05) is 62.9 Å². The van der Waals surface area contributed by atoms with Crippen molar-refractivity contribution in [1.29, 1.82) is 0 Å². The Kier molecular flexibility index (Phi) is 6.29. The molecule has 3 amide bonds. The Morgan fingerprint density at radius 2 is 1.80 bits per heavy atom. The number of hydrogen-bond donors (Lipinski definition) is 3. The van der Waals surface area contributed by atoms with Crippen molar-refractivity contribution >= 4 is 25.8 Å². The van der Waals surface area contributed by atoms with Gasteiger partial charge in [-0.2, -0.15) is 0 Å². The van der Waals surface area contributed by atoms with E-state index in [0.717, 1.165) is 29.6 Å². The molecule has 1 aliphatic carbocycles. The second-order valence-electron chi connectivity index (χ2n) is 12.5. The maximum Gasteiger partial charge on any atom is 0.318 e. The van der Waals surface area contributed by atoms with E-state index in [2.05, 4.69) is 35.3 Å². The molecule has 0 spiro atoms. The van der Waals surface area contributed by atoms with Crippen molar-refractivity contribution in [2.24, 2.45) is 10.4 Å². The molecule has 4 rings (SSSR count). The van der Waals surface area contributed by atoms with Gasteiger partial charge in [-0.25, -0.2) is 4.79 Å². The first-order valence-electron chi connectivity index (χ1n) is 12.6. The van der Waals surface area contributed by atoms with E-state index in [-0.39, 0.29) is 29.6 Å². The van der Waals surface area contributed by atoms with E-state index in [1.54, 1.807) is 0 Å². The number of aliphatic hydroxyl groups is 1. The fourth-order valence-electron chi connectivity index (χ4n) is 5.52. The molecule has 0 saturated heterocycles. The molecular formula is C27H40N4O3Si. The Labute approximate surface area is 210 Å². The van der Waals surface area contributed by atoms with Gasteiger partial charge in [-0.05, 0) is 37.8 Å². The lowest BCUT2D eigenvalue weighted by atomic mass is 9.81. The van der Waals surface area contributed by atoms with Crippen LogP contribution in [0.2, 0.25) is 24.7 Å². The van der Waals surface area contributed by atoms with Gasteiger partial charge in [0.2, 0.25) is 5.91 Å². The second-order valence-corrected chi connectivity index (χ2v) is 18.0. The topological polar surface area (TPSA) is 94.0 Å². The molecule has 0 aromatic heterocycles. The fraction of sp³-hybridized carbons (Fsp3) is 0.593. The maximum absolute atomic E-state index is 13.7. The highest BCUT2D eigenvalue weighted by atomic mass is 28.3. The average molecular weight is 497 g/mol. The molecule has 2 heterocycles. The molecule has 8 heteroatoms. The summed E-state index contributed by atoms with van der Waals surface area (Å²) < 4.78 is 0. The van der Waals surface area contributed by atoms with E-state index in [4.69, 9.17) is 0 Å². The summed E-state index contributed by atoms with van der Waals surface area (Å²) in [6, 6.07) is 9.23. The zero-order valence-corrected chi connectivity index (χ0v) is 23.2. The van der Waals surface area contributed by atoms with Crippen LogP contribution in [0, 0.1) is 5.41 Å². The zero-order valence-electron chi connectivity index (χ0n) is 22.2. The van der Waals surface area contributed by atoms with Crippen LogP contribution >= 0.6 is 0 Å². The first kappa shape index (κ1) is 25.6. The Bertz CT molecular complexity index is 1080. The Morgan fingerprint density at radius 1 is 1.17 bits per heavy atom. The smallest absolute Gasteiger partial charge is 0.318 e. The number of amidine groups is 1. The summed E-state index contributed by atoms with van der Waals surface area (Å²) >= 11 is 0. The molecule has 1 atom stereocenters. The molecule has 0 bridgehead atoms. The number of hydrogen-bond acceptors (Lipinski definition) is 4. The summed E-state index contributed by atoms with van der Waals surface area (Å²) in [6.07, 6.45) is 1.91. The highest BCUT2D eigenvalue weighted by Gasteiger charge is 2.59. The standard InChI is InChI=1S/C27H40N4O3Si/c1-25(2,17-32)21(18-11-9-8-10-12-18)29-24(34)31-16-19-20(26(31,3)4)15-28-22(19)30-23(33)27(13-14-27)35(5,6)7/h8-12,21,32H,13-17H2,1-7H3,(H,29,34)(H,28,30,33). The van der Waals surface area contributed by atoms with Gasteiger partial charge >= 0.3 is 6.03 Å². The lowest BCUT2D eigenvalue weighted by molar-refractivity contribution is -0.120. The predicted molar refractivity (Wildman–Crippen MR) is 142 cm³/mol. The molecule has 1 unspecified atom stereocenters. The van der Waals surface area contributed by atoms with Gasteiger partial charge in [-0.1, -0.05) is 63.8 Å². The third kappa shape index (κ3) is 4.35. The summed E-state index contributed by atoms with van der Waals surface area (Å²) in [4.78, 5) is 33.4. The molecule has 3 N–H and O–H groups in total. The number of amides is 3. The number of urea groups is 1. The van der Waals surface area contributed by atoms with Gasteiger partial charge in [0.05, 0.1) is 39.4 Å². The van der Waals surface area contributed by atoms with Crippen LogP contribution in [0.5, 0.6) is 0 Å².